The van der Waals surface area contributed by atoms with Crippen LogP contribution < -0.4 is 11.5 Å². The molecule has 0 aromatic heterocycles. The molecule has 0 fully saturated rings. The Morgan fingerprint density at radius 1 is 0.750 bits per heavy atom. The van der Waals surface area contributed by atoms with E-state index in [1.165, 1.54) is 67.2 Å². The zero-order valence-electron chi connectivity index (χ0n) is 17.4. The van der Waals surface area contributed by atoms with E-state index >= 15 is 0 Å². The fourth-order valence-corrected chi connectivity index (χ4v) is 4.25. The highest BCUT2D eigenvalue weighted by molar-refractivity contribution is 5.70. The van der Waals surface area contributed by atoms with Crippen LogP contribution in [0.15, 0.2) is 60.2 Å². The van der Waals surface area contributed by atoms with Crippen LogP contribution in [0.2, 0.25) is 0 Å². The molecule has 4 N–H and O–H groups in total. The zero-order valence-corrected chi connectivity index (χ0v) is 17.4. The molecule has 2 aromatic rings. The number of anilines is 2. The van der Waals surface area contributed by atoms with E-state index in [0.29, 0.717) is 5.92 Å². The molecule has 2 nitrogen and oxygen atoms in total. The van der Waals surface area contributed by atoms with E-state index in [9.17, 15) is 0 Å². The van der Waals surface area contributed by atoms with Crippen molar-refractivity contribution in [2.24, 2.45) is 5.92 Å². The average Bonchev–Trinajstić information content (AvgIpc) is 2.71. The summed E-state index contributed by atoms with van der Waals surface area (Å²) in [6, 6.07) is 16.5. The minimum absolute atomic E-state index is 0.701. The number of allylic oxidation sites excluding steroid dienone is 4. The van der Waals surface area contributed by atoms with E-state index in [1.807, 2.05) is 24.3 Å². The standard InChI is InChI=1S/2C13H17N/c2*1-10-4-2-3-5-13(10)11-6-8-12(14)9-7-11/h6-9H,2-5,14H2,1H3;5-10H,2-4,14H2,1H3. The van der Waals surface area contributed by atoms with Crippen LogP contribution in [0, 0.1) is 5.92 Å². The number of hydrogen-bond donors (Lipinski definition) is 2. The van der Waals surface area contributed by atoms with Crippen LogP contribution in [-0.2, 0) is 0 Å². The predicted octanol–water partition coefficient (Wildman–Crippen LogP) is 7.09. The summed E-state index contributed by atoms with van der Waals surface area (Å²) in [5.74, 6) is 0.701. The smallest absolute Gasteiger partial charge is 0.0314 e. The molecule has 0 spiro atoms. The lowest BCUT2D eigenvalue weighted by molar-refractivity contribution is 0.601. The maximum Gasteiger partial charge on any atom is 0.0314 e. The van der Waals surface area contributed by atoms with E-state index in [0.717, 1.165) is 11.4 Å². The van der Waals surface area contributed by atoms with Crippen LogP contribution in [0.5, 0.6) is 0 Å². The van der Waals surface area contributed by atoms with Crippen molar-refractivity contribution in [3.8, 4) is 0 Å². The Kier molecular flexibility index (Phi) is 6.97. The van der Waals surface area contributed by atoms with Gasteiger partial charge in [-0.3, -0.25) is 0 Å². The molecule has 148 valence electrons. The molecule has 0 radical (unpaired) electrons. The molecule has 2 aliphatic rings. The summed E-state index contributed by atoms with van der Waals surface area (Å²) in [6.07, 6.45) is 11.4. The third-order valence-corrected chi connectivity index (χ3v) is 5.98. The number of nitrogen functional groups attached to an aromatic ring is 2. The molecule has 2 aliphatic carbocycles. The van der Waals surface area contributed by atoms with Gasteiger partial charge >= 0.3 is 0 Å². The monoisotopic (exact) mass is 374 g/mol. The SMILES string of the molecule is CC1=C(c2ccc(N)cc2)CCCC1.CC1CCCC=C1c1ccc(N)cc1. The van der Waals surface area contributed by atoms with Gasteiger partial charge < -0.3 is 11.5 Å². The fraction of sp³-hybridized carbons (Fsp3) is 0.385. The van der Waals surface area contributed by atoms with Gasteiger partial charge in [0.25, 0.3) is 0 Å². The van der Waals surface area contributed by atoms with Crippen LogP contribution in [0.4, 0.5) is 11.4 Å². The van der Waals surface area contributed by atoms with E-state index in [2.05, 4.69) is 44.2 Å². The molecule has 0 aliphatic heterocycles. The van der Waals surface area contributed by atoms with E-state index in [-0.39, 0.29) is 0 Å². The van der Waals surface area contributed by atoms with Crippen molar-refractivity contribution in [2.45, 2.75) is 58.8 Å². The van der Waals surface area contributed by atoms with Crippen molar-refractivity contribution in [3.63, 3.8) is 0 Å². The summed E-state index contributed by atoms with van der Waals surface area (Å²) >= 11 is 0. The van der Waals surface area contributed by atoms with Crippen LogP contribution in [-0.4, -0.2) is 0 Å². The number of benzene rings is 2. The second-order valence-corrected chi connectivity index (χ2v) is 8.20. The first-order chi connectivity index (χ1) is 13.5. The minimum atomic E-state index is 0.701. The lowest BCUT2D eigenvalue weighted by Gasteiger charge is -2.20. The molecule has 0 saturated heterocycles. The highest BCUT2D eigenvalue weighted by Gasteiger charge is 2.14. The van der Waals surface area contributed by atoms with Gasteiger partial charge in [0.2, 0.25) is 0 Å². The van der Waals surface area contributed by atoms with Crippen molar-refractivity contribution in [1.82, 2.24) is 0 Å². The van der Waals surface area contributed by atoms with Gasteiger partial charge in [-0.25, -0.2) is 0 Å². The van der Waals surface area contributed by atoms with Gasteiger partial charge in [0.05, 0.1) is 0 Å². The summed E-state index contributed by atoms with van der Waals surface area (Å²) in [6.45, 7) is 4.56. The summed E-state index contributed by atoms with van der Waals surface area (Å²) in [5.41, 5.74) is 20.3. The van der Waals surface area contributed by atoms with E-state index in [4.69, 9.17) is 11.5 Å². The van der Waals surface area contributed by atoms with Crippen LogP contribution >= 0.6 is 0 Å². The topological polar surface area (TPSA) is 52.0 Å². The molecule has 0 saturated carbocycles. The van der Waals surface area contributed by atoms with Crippen molar-refractivity contribution < 1.29 is 0 Å². The number of hydrogen-bond acceptors (Lipinski definition) is 2. The van der Waals surface area contributed by atoms with Gasteiger partial charge in [-0.2, -0.15) is 0 Å². The molecule has 0 heterocycles. The minimum Gasteiger partial charge on any atom is -0.399 e. The summed E-state index contributed by atoms with van der Waals surface area (Å²) in [5, 5.41) is 0. The quantitative estimate of drug-likeness (QED) is 0.551. The van der Waals surface area contributed by atoms with Gasteiger partial charge in [-0.15, -0.1) is 0 Å². The van der Waals surface area contributed by atoms with Crippen molar-refractivity contribution in [1.29, 1.82) is 0 Å². The molecule has 0 bridgehead atoms. The number of nitrogens with two attached hydrogens (primary N) is 2. The lowest BCUT2D eigenvalue weighted by Crippen LogP contribution is -2.03. The van der Waals surface area contributed by atoms with Crippen LogP contribution in [0.1, 0.15) is 69.9 Å². The molecule has 4 rings (SSSR count). The molecule has 28 heavy (non-hydrogen) atoms. The Morgan fingerprint density at radius 3 is 1.89 bits per heavy atom. The zero-order chi connectivity index (χ0) is 19.9. The molecule has 0 amide bonds. The molecular weight excluding hydrogens is 340 g/mol. The highest BCUT2D eigenvalue weighted by atomic mass is 14.5. The first kappa shape index (κ1) is 20.3. The lowest BCUT2D eigenvalue weighted by atomic mass is 9.85. The summed E-state index contributed by atoms with van der Waals surface area (Å²) in [4.78, 5) is 0. The van der Waals surface area contributed by atoms with Crippen molar-refractivity contribution >= 4 is 22.5 Å². The molecule has 2 aromatic carbocycles. The van der Waals surface area contributed by atoms with Gasteiger partial charge in [0.15, 0.2) is 0 Å². The molecule has 1 unspecified atom stereocenters. The maximum atomic E-state index is 5.67. The Labute approximate surface area is 170 Å². The van der Waals surface area contributed by atoms with Crippen LogP contribution in [0.25, 0.3) is 11.1 Å². The fourth-order valence-electron chi connectivity index (χ4n) is 4.25. The Balaban J connectivity index is 0.000000161. The summed E-state index contributed by atoms with van der Waals surface area (Å²) < 4.78 is 0. The van der Waals surface area contributed by atoms with Gasteiger partial charge in [-0.05, 0) is 104 Å². The second kappa shape index (κ2) is 9.64. The van der Waals surface area contributed by atoms with Crippen molar-refractivity contribution in [2.75, 3.05) is 11.5 Å². The molecule has 2 heteroatoms. The third kappa shape index (κ3) is 5.28. The first-order valence-corrected chi connectivity index (χ1v) is 10.6. The third-order valence-electron chi connectivity index (χ3n) is 5.98. The Bertz CT molecular complexity index is 826. The second-order valence-electron chi connectivity index (χ2n) is 8.20. The van der Waals surface area contributed by atoms with Gasteiger partial charge in [0, 0.05) is 11.4 Å². The van der Waals surface area contributed by atoms with Gasteiger partial charge in [-0.1, -0.05) is 42.8 Å². The average molecular weight is 375 g/mol. The van der Waals surface area contributed by atoms with Gasteiger partial charge in [0.1, 0.15) is 0 Å². The largest absolute Gasteiger partial charge is 0.399 e. The number of rotatable bonds is 2. The summed E-state index contributed by atoms with van der Waals surface area (Å²) in [7, 11) is 0. The molecular formula is C26H34N2. The highest BCUT2D eigenvalue weighted by Crippen LogP contribution is 2.33. The van der Waals surface area contributed by atoms with E-state index in [1.54, 1.807) is 5.57 Å². The van der Waals surface area contributed by atoms with E-state index < -0.39 is 0 Å². The Hall–Kier alpha value is -2.48. The predicted molar refractivity (Wildman–Crippen MR) is 124 cm³/mol. The first-order valence-electron chi connectivity index (χ1n) is 10.6. The Morgan fingerprint density at radius 2 is 1.32 bits per heavy atom. The molecule has 1 atom stereocenters. The van der Waals surface area contributed by atoms with Crippen LogP contribution in [0.3, 0.4) is 0 Å². The maximum absolute atomic E-state index is 5.67. The normalized spacial score (nSPS) is 19.5. The van der Waals surface area contributed by atoms with Crippen molar-refractivity contribution in [3.05, 3.63) is 71.3 Å².